The van der Waals surface area contributed by atoms with Crippen LogP contribution in [0, 0.1) is 0 Å². The van der Waals surface area contributed by atoms with E-state index in [0.717, 1.165) is 0 Å². The molecule has 0 heterocycles. The highest BCUT2D eigenvalue weighted by Crippen LogP contribution is 2.28. The lowest BCUT2D eigenvalue weighted by Crippen LogP contribution is -2.31. The summed E-state index contributed by atoms with van der Waals surface area (Å²) in [5.74, 6) is 0. The Morgan fingerprint density at radius 1 is 0.923 bits per heavy atom. The van der Waals surface area contributed by atoms with Crippen molar-refractivity contribution in [3.63, 3.8) is 0 Å². The third-order valence-corrected chi connectivity index (χ3v) is 7.54. The van der Waals surface area contributed by atoms with Crippen molar-refractivity contribution >= 4 is 8.07 Å². The van der Waals surface area contributed by atoms with Gasteiger partial charge in [-0.25, -0.2) is 0 Å². The molecule has 0 radical (unpaired) electrons. The van der Waals surface area contributed by atoms with E-state index in [1.165, 1.54) is 30.6 Å². The second-order valence-electron chi connectivity index (χ2n) is 3.73. The van der Waals surface area contributed by atoms with Crippen molar-refractivity contribution < 1.29 is 0 Å². The summed E-state index contributed by atoms with van der Waals surface area (Å²) in [6.07, 6.45) is 7.51. The molecule has 0 atom stereocenters. The molecule has 74 valence electrons. The molecule has 0 amide bonds. The fourth-order valence-electron chi connectivity index (χ4n) is 2.01. The Bertz CT molecular complexity index is 143. The topological polar surface area (TPSA) is 0 Å². The maximum absolute atomic E-state index is 3.86. The zero-order valence-electron chi connectivity index (χ0n) is 8.89. The van der Waals surface area contributed by atoms with Gasteiger partial charge >= 0.3 is 0 Å². The molecule has 1 heteroatoms. The van der Waals surface area contributed by atoms with Gasteiger partial charge in [0.1, 0.15) is 0 Å². The molecule has 0 spiro atoms. The molecule has 0 N–H and O–H groups in total. The van der Waals surface area contributed by atoms with Crippen LogP contribution in [0.25, 0.3) is 0 Å². The lowest BCUT2D eigenvalue weighted by molar-refractivity contribution is 1.02. The minimum absolute atomic E-state index is 1.15. The third kappa shape index (κ3) is 4.27. The quantitative estimate of drug-likeness (QED) is 0.397. The fraction of sp³-hybridized carbons (Fsp3) is 0.500. The van der Waals surface area contributed by atoms with E-state index in [1.54, 1.807) is 0 Å². The van der Waals surface area contributed by atoms with Crippen molar-refractivity contribution in [3.05, 3.63) is 38.0 Å². The molecule has 0 fully saturated rings. The fourth-order valence-corrected chi connectivity index (χ4v) is 6.02. The highest BCUT2D eigenvalue weighted by molar-refractivity contribution is 6.81. The molecule has 0 rings (SSSR count). The van der Waals surface area contributed by atoms with Gasteiger partial charge in [-0.2, -0.15) is 0 Å². The van der Waals surface area contributed by atoms with Crippen molar-refractivity contribution in [1.29, 1.82) is 0 Å². The molecule has 0 aliphatic heterocycles. The van der Waals surface area contributed by atoms with Crippen LogP contribution in [-0.2, 0) is 0 Å². The molecule has 0 aromatic carbocycles. The highest BCUT2D eigenvalue weighted by atomic mass is 28.3. The second-order valence-corrected chi connectivity index (χ2v) is 8.45. The van der Waals surface area contributed by atoms with Crippen LogP contribution in [0.2, 0.25) is 24.2 Å². The molecule has 13 heavy (non-hydrogen) atoms. The second kappa shape index (κ2) is 6.90. The Labute approximate surface area is 84.1 Å². The molecule has 0 saturated heterocycles. The number of hydrogen-bond donors (Lipinski definition) is 0. The van der Waals surface area contributed by atoms with Gasteiger partial charge in [0, 0.05) is 0 Å². The first kappa shape index (κ1) is 12.4. The van der Waals surface area contributed by atoms with E-state index in [-0.39, 0.29) is 0 Å². The normalized spacial score (nSPS) is 10.8. The van der Waals surface area contributed by atoms with Gasteiger partial charge in [-0.1, -0.05) is 37.6 Å². The van der Waals surface area contributed by atoms with Crippen LogP contribution in [0.3, 0.4) is 0 Å². The molecule has 0 saturated carbocycles. The SMILES string of the molecule is C=CC[Si](CC=C)(CC=C)CCC. The summed E-state index contributed by atoms with van der Waals surface area (Å²) in [6, 6.07) is 4.99. The van der Waals surface area contributed by atoms with Crippen molar-refractivity contribution in [3.8, 4) is 0 Å². The molecule has 0 bridgehead atoms. The lowest BCUT2D eigenvalue weighted by atomic mass is 10.6. The average Bonchev–Trinajstić information content (AvgIpc) is 2.06. The van der Waals surface area contributed by atoms with E-state index in [0.29, 0.717) is 0 Å². The standard InChI is InChI=1S/C12H22Si/c1-5-9-13(10-6-2,11-7-3)12-8-4/h5-7H,1-3,8-12H2,4H3. The predicted molar refractivity (Wildman–Crippen MR) is 65.9 cm³/mol. The first-order valence-electron chi connectivity index (χ1n) is 5.07. The molecular weight excluding hydrogens is 172 g/mol. The van der Waals surface area contributed by atoms with Crippen LogP contribution in [0.5, 0.6) is 0 Å². The number of rotatable bonds is 8. The van der Waals surface area contributed by atoms with Crippen LogP contribution in [-0.4, -0.2) is 8.07 Å². The Balaban J connectivity index is 4.44. The predicted octanol–water partition coefficient (Wildman–Crippen LogP) is 4.40. The summed E-state index contributed by atoms with van der Waals surface area (Å²) < 4.78 is 0. The van der Waals surface area contributed by atoms with E-state index in [2.05, 4.69) is 44.9 Å². The summed E-state index contributed by atoms with van der Waals surface area (Å²) in [5.41, 5.74) is 0. The summed E-state index contributed by atoms with van der Waals surface area (Å²) in [7, 11) is -1.15. The summed E-state index contributed by atoms with van der Waals surface area (Å²) in [4.78, 5) is 0. The molecule has 0 nitrogen and oxygen atoms in total. The van der Waals surface area contributed by atoms with Crippen LogP contribution < -0.4 is 0 Å². The van der Waals surface area contributed by atoms with Gasteiger partial charge in [0.05, 0.1) is 8.07 Å². The van der Waals surface area contributed by atoms with Crippen molar-refractivity contribution in [2.24, 2.45) is 0 Å². The van der Waals surface area contributed by atoms with Gasteiger partial charge < -0.3 is 0 Å². The first-order valence-corrected chi connectivity index (χ1v) is 7.90. The summed E-state index contributed by atoms with van der Waals surface area (Å²) in [6.45, 7) is 13.8. The van der Waals surface area contributed by atoms with Crippen molar-refractivity contribution in [2.75, 3.05) is 0 Å². The van der Waals surface area contributed by atoms with Crippen molar-refractivity contribution in [2.45, 2.75) is 37.5 Å². The van der Waals surface area contributed by atoms with Gasteiger partial charge in [0.15, 0.2) is 0 Å². The summed E-state index contributed by atoms with van der Waals surface area (Å²) >= 11 is 0. The minimum atomic E-state index is -1.15. The number of hydrogen-bond acceptors (Lipinski definition) is 0. The average molecular weight is 194 g/mol. The highest BCUT2D eigenvalue weighted by Gasteiger charge is 2.27. The summed E-state index contributed by atoms with van der Waals surface area (Å²) in [5, 5.41) is 0. The molecular formula is C12H22Si. The Hall–Kier alpha value is -0.563. The Morgan fingerprint density at radius 2 is 1.31 bits per heavy atom. The Morgan fingerprint density at radius 3 is 1.54 bits per heavy atom. The molecule has 0 aliphatic carbocycles. The molecule has 0 aromatic rings. The molecule has 0 aromatic heterocycles. The monoisotopic (exact) mass is 194 g/mol. The van der Waals surface area contributed by atoms with Gasteiger partial charge in [0.2, 0.25) is 0 Å². The van der Waals surface area contributed by atoms with Crippen LogP contribution >= 0.6 is 0 Å². The largest absolute Gasteiger partial charge is 0.103 e. The smallest absolute Gasteiger partial charge is 0.0647 e. The van der Waals surface area contributed by atoms with Gasteiger partial charge in [-0.15, -0.1) is 19.7 Å². The van der Waals surface area contributed by atoms with Crippen LogP contribution in [0.15, 0.2) is 38.0 Å². The van der Waals surface area contributed by atoms with E-state index in [4.69, 9.17) is 0 Å². The van der Waals surface area contributed by atoms with E-state index < -0.39 is 8.07 Å². The zero-order chi connectivity index (χ0) is 10.2. The van der Waals surface area contributed by atoms with E-state index >= 15 is 0 Å². The minimum Gasteiger partial charge on any atom is -0.103 e. The van der Waals surface area contributed by atoms with Gasteiger partial charge in [-0.05, 0) is 18.1 Å². The maximum atomic E-state index is 3.86. The number of allylic oxidation sites excluding steroid dienone is 3. The molecule has 0 unspecified atom stereocenters. The van der Waals surface area contributed by atoms with Crippen LogP contribution in [0.1, 0.15) is 13.3 Å². The van der Waals surface area contributed by atoms with Gasteiger partial charge in [-0.3, -0.25) is 0 Å². The third-order valence-electron chi connectivity index (χ3n) is 2.51. The lowest BCUT2D eigenvalue weighted by Gasteiger charge is -2.28. The Kier molecular flexibility index (Phi) is 6.60. The van der Waals surface area contributed by atoms with Gasteiger partial charge in [0.25, 0.3) is 0 Å². The van der Waals surface area contributed by atoms with E-state index in [1.807, 2.05) is 0 Å². The molecule has 0 aliphatic rings. The van der Waals surface area contributed by atoms with E-state index in [9.17, 15) is 0 Å². The van der Waals surface area contributed by atoms with Crippen molar-refractivity contribution in [1.82, 2.24) is 0 Å². The zero-order valence-corrected chi connectivity index (χ0v) is 9.89. The van der Waals surface area contributed by atoms with Crippen LogP contribution in [0.4, 0.5) is 0 Å². The first-order chi connectivity index (χ1) is 6.24. The maximum Gasteiger partial charge on any atom is 0.0647 e.